The number of rotatable bonds is 7. The molecule has 1 saturated carbocycles. The molecule has 2 fully saturated rings. The molecular weight excluding hydrogens is 470 g/mol. The van der Waals surface area contributed by atoms with Crippen LogP contribution in [0.15, 0.2) is 30.5 Å². The highest BCUT2D eigenvalue weighted by Gasteiger charge is 2.51. The van der Waals surface area contributed by atoms with Gasteiger partial charge in [-0.1, -0.05) is 0 Å². The second kappa shape index (κ2) is 9.25. The summed E-state index contributed by atoms with van der Waals surface area (Å²) in [6.45, 7) is 4.00. The summed E-state index contributed by atoms with van der Waals surface area (Å²) in [5, 5.41) is 11.7. The third kappa shape index (κ3) is 4.70. The van der Waals surface area contributed by atoms with Crippen molar-refractivity contribution in [2.45, 2.75) is 38.7 Å². The molecule has 1 aliphatic carbocycles. The number of carbonyl (C=O) groups is 2. The van der Waals surface area contributed by atoms with Gasteiger partial charge in [-0.2, -0.15) is 0 Å². The number of nitrogens with one attached hydrogen (secondary N) is 1. The maximum absolute atomic E-state index is 15.4. The number of amides is 1. The number of carboxylic acid groups (broad SMARTS) is 1. The summed E-state index contributed by atoms with van der Waals surface area (Å²) < 4.78 is 38.5. The Bertz CT molecular complexity index is 1330. The number of carbonyl (C=O) groups excluding carboxylic acids is 1. The van der Waals surface area contributed by atoms with Gasteiger partial charge in [0.25, 0.3) is 0 Å². The van der Waals surface area contributed by atoms with Crippen molar-refractivity contribution in [1.29, 1.82) is 0 Å². The molecule has 190 valence electrons. The van der Waals surface area contributed by atoms with Crippen molar-refractivity contribution in [3.63, 3.8) is 0 Å². The Kier molecular flexibility index (Phi) is 6.25. The molecule has 1 saturated heterocycles. The third-order valence-corrected chi connectivity index (χ3v) is 7.01. The number of halogens is 2. The normalized spacial score (nSPS) is 19.4. The lowest BCUT2D eigenvalue weighted by Gasteiger charge is -2.30. The van der Waals surface area contributed by atoms with E-state index in [1.165, 1.54) is 0 Å². The standard InChI is InChI=1S/C26H28F2N4O4/c1-15-3-6-32-20(12-17-14-31(2)7-8-36-17)24(30-21(32)9-15)23-18(27)10-16(11-19(23)28)29-22(33)13-26(4-5-26)25(34)35/h3,6,9-11,17H,4-5,7-8,12-14H2,1-2H3,(H,29,33)(H,34,35). The number of aromatic nitrogens is 2. The molecule has 0 spiro atoms. The average molecular weight is 499 g/mol. The van der Waals surface area contributed by atoms with Crippen molar-refractivity contribution in [3.05, 3.63) is 53.4 Å². The summed E-state index contributed by atoms with van der Waals surface area (Å²) in [5.41, 5.74) is 0.943. The Morgan fingerprint density at radius 2 is 1.97 bits per heavy atom. The van der Waals surface area contributed by atoms with Gasteiger partial charge in [-0.05, 0) is 56.6 Å². The minimum Gasteiger partial charge on any atom is -0.481 e. The maximum Gasteiger partial charge on any atom is 0.310 e. The SMILES string of the molecule is Cc1ccn2c(CC3CN(C)CCO3)c(-c3c(F)cc(NC(=O)CC4(C(=O)O)CC4)cc3F)nc2c1. The Hall–Kier alpha value is -3.37. The number of aryl methyl sites for hydroxylation is 1. The van der Waals surface area contributed by atoms with Crippen LogP contribution in [0.4, 0.5) is 14.5 Å². The van der Waals surface area contributed by atoms with E-state index < -0.39 is 28.9 Å². The highest BCUT2D eigenvalue weighted by atomic mass is 19.1. The molecule has 2 aromatic heterocycles. The Morgan fingerprint density at radius 1 is 1.25 bits per heavy atom. The number of fused-ring (bicyclic) bond motifs is 1. The number of morpholine rings is 1. The van der Waals surface area contributed by atoms with Gasteiger partial charge in [0, 0.05) is 37.8 Å². The molecule has 3 aromatic rings. The summed E-state index contributed by atoms with van der Waals surface area (Å²) in [5.74, 6) is -3.36. The van der Waals surface area contributed by atoms with E-state index in [-0.39, 0.29) is 29.5 Å². The number of ether oxygens (including phenoxy) is 1. The second-order valence-electron chi connectivity index (χ2n) is 9.92. The molecule has 1 unspecified atom stereocenters. The molecular formula is C26H28F2N4O4. The van der Waals surface area contributed by atoms with Crippen LogP contribution in [0.25, 0.3) is 16.9 Å². The van der Waals surface area contributed by atoms with Crippen molar-refractivity contribution < 1.29 is 28.2 Å². The maximum atomic E-state index is 15.4. The molecule has 36 heavy (non-hydrogen) atoms. The molecule has 5 rings (SSSR count). The number of benzene rings is 1. The van der Waals surface area contributed by atoms with Crippen LogP contribution in [-0.2, 0) is 20.7 Å². The van der Waals surface area contributed by atoms with E-state index in [2.05, 4.69) is 15.2 Å². The van der Waals surface area contributed by atoms with Crippen molar-refractivity contribution in [3.8, 4) is 11.3 Å². The van der Waals surface area contributed by atoms with Gasteiger partial charge in [0.05, 0.1) is 35.1 Å². The van der Waals surface area contributed by atoms with Crippen LogP contribution in [0.1, 0.15) is 30.5 Å². The van der Waals surface area contributed by atoms with E-state index in [0.717, 1.165) is 24.2 Å². The Labute approximate surface area is 206 Å². The van der Waals surface area contributed by atoms with Crippen LogP contribution in [0.5, 0.6) is 0 Å². The smallest absolute Gasteiger partial charge is 0.310 e. The van der Waals surface area contributed by atoms with Gasteiger partial charge in [-0.3, -0.25) is 9.59 Å². The van der Waals surface area contributed by atoms with Gasteiger partial charge in [0.1, 0.15) is 17.3 Å². The van der Waals surface area contributed by atoms with Gasteiger partial charge in [0.2, 0.25) is 5.91 Å². The molecule has 2 aliphatic rings. The zero-order valence-electron chi connectivity index (χ0n) is 20.2. The molecule has 1 amide bonds. The Balaban J connectivity index is 1.47. The number of nitrogens with zero attached hydrogens (tertiary/aromatic N) is 3. The molecule has 1 aromatic carbocycles. The lowest BCUT2D eigenvalue weighted by molar-refractivity contribution is -0.145. The summed E-state index contributed by atoms with van der Waals surface area (Å²) in [6, 6.07) is 5.84. The van der Waals surface area contributed by atoms with Crippen LogP contribution >= 0.6 is 0 Å². The quantitative estimate of drug-likeness (QED) is 0.516. The van der Waals surface area contributed by atoms with E-state index in [9.17, 15) is 14.7 Å². The van der Waals surface area contributed by atoms with Crippen molar-refractivity contribution in [1.82, 2.24) is 14.3 Å². The first-order valence-electron chi connectivity index (χ1n) is 12.0. The van der Waals surface area contributed by atoms with Gasteiger partial charge < -0.3 is 24.5 Å². The third-order valence-electron chi connectivity index (χ3n) is 7.01. The predicted molar refractivity (Wildman–Crippen MR) is 129 cm³/mol. The van der Waals surface area contributed by atoms with Gasteiger partial charge >= 0.3 is 5.97 Å². The molecule has 10 heteroatoms. The number of aliphatic carboxylic acids is 1. The molecule has 8 nitrogen and oxygen atoms in total. The minimum absolute atomic E-state index is 0.0710. The summed E-state index contributed by atoms with van der Waals surface area (Å²) in [7, 11) is 2.00. The fourth-order valence-electron chi connectivity index (χ4n) is 4.80. The van der Waals surface area contributed by atoms with Crippen LogP contribution in [0, 0.1) is 24.0 Å². The second-order valence-corrected chi connectivity index (χ2v) is 9.92. The zero-order valence-corrected chi connectivity index (χ0v) is 20.2. The molecule has 3 heterocycles. The average Bonchev–Trinajstić information content (AvgIpc) is 3.50. The van der Waals surface area contributed by atoms with E-state index in [1.807, 2.05) is 36.7 Å². The number of imidazole rings is 1. The number of carboxylic acids is 1. The zero-order chi connectivity index (χ0) is 25.6. The van der Waals surface area contributed by atoms with E-state index in [1.54, 1.807) is 0 Å². The molecule has 0 bridgehead atoms. The van der Waals surface area contributed by atoms with Crippen LogP contribution in [-0.4, -0.2) is 64.1 Å². The van der Waals surface area contributed by atoms with Crippen LogP contribution in [0.2, 0.25) is 0 Å². The fourth-order valence-corrected chi connectivity index (χ4v) is 4.80. The van der Waals surface area contributed by atoms with Crippen molar-refractivity contribution >= 4 is 23.2 Å². The Morgan fingerprint density at radius 3 is 2.61 bits per heavy atom. The van der Waals surface area contributed by atoms with Gasteiger partial charge in [0.15, 0.2) is 0 Å². The number of hydrogen-bond acceptors (Lipinski definition) is 5. The first-order valence-corrected chi connectivity index (χ1v) is 12.0. The lowest BCUT2D eigenvalue weighted by Crippen LogP contribution is -2.41. The minimum atomic E-state index is -1.07. The largest absolute Gasteiger partial charge is 0.481 e. The molecule has 1 atom stereocenters. The highest BCUT2D eigenvalue weighted by molar-refractivity contribution is 5.95. The van der Waals surface area contributed by atoms with Gasteiger partial charge in [-0.15, -0.1) is 0 Å². The number of likely N-dealkylation sites (N-methyl/N-ethyl adjacent to an activating group) is 1. The van der Waals surface area contributed by atoms with E-state index in [0.29, 0.717) is 43.8 Å². The van der Waals surface area contributed by atoms with Crippen molar-refractivity contribution in [2.24, 2.45) is 5.41 Å². The number of pyridine rings is 1. The van der Waals surface area contributed by atoms with Crippen molar-refractivity contribution in [2.75, 3.05) is 32.1 Å². The first-order chi connectivity index (χ1) is 17.1. The number of anilines is 1. The van der Waals surface area contributed by atoms with Gasteiger partial charge in [-0.25, -0.2) is 13.8 Å². The summed E-state index contributed by atoms with van der Waals surface area (Å²) in [4.78, 5) is 30.4. The monoisotopic (exact) mass is 498 g/mol. The number of hydrogen-bond donors (Lipinski definition) is 2. The summed E-state index contributed by atoms with van der Waals surface area (Å²) >= 11 is 0. The molecule has 1 aliphatic heterocycles. The highest BCUT2D eigenvalue weighted by Crippen LogP contribution is 2.49. The summed E-state index contributed by atoms with van der Waals surface area (Å²) in [6.07, 6.45) is 2.68. The fraction of sp³-hybridized carbons (Fsp3) is 0.423. The lowest BCUT2D eigenvalue weighted by atomic mass is 10.0. The van der Waals surface area contributed by atoms with Crippen LogP contribution < -0.4 is 5.32 Å². The van der Waals surface area contributed by atoms with E-state index >= 15 is 8.78 Å². The first kappa shape index (κ1) is 24.3. The molecule has 0 radical (unpaired) electrons. The van der Waals surface area contributed by atoms with E-state index in [4.69, 9.17) is 4.74 Å². The predicted octanol–water partition coefficient (Wildman–Crippen LogP) is 3.65. The topological polar surface area (TPSA) is 96.2 Å². The molecule has 2 N–H and O–H groups in total. The van der Waals surface area contributed by atoms with Crippen LogP contribution in [0.3, 0.4) is 0 Å².